The number of nitrogens with zero attached hydrogens (tertiary/aromatic N) is 3. The van der Waals surface area contributed by atoms with Crippen molar-refractivity contribution in [3.05, 3.63) is 88.0 Å². The molecule has 1 aliphatic rings. The molecule has 0 spiro atoms. The van der Waals surface area contributed by atoms with E-state index in [4.69, 9.17) is 0 Å². The van der Waals surface area contributed by atoms with Crippen LogP contribution in [0.25, 0.3) is 0 Å². The SMILES string of the molecule is O=C(Nc1ccc(N2CCCN(C(=O)c3cccc(Br)c3)CC2)nc1)c1cccc(C(F)(F)F)c1. The monoisotopic (exact) mass is 546 g/mol. The van der Waals surface area contributed by atoms with Crippen molar-refractivity contribution in [3.63, 3.8) is 0 Å². The van der Waals surface area contributed by atoms with Crippen LogP contribution in [0.1, 0.15) is 32.7 Å². The molecule has 1 aliphatic heterocycles. The van der Waals surface area contributed by atoms with E-state index >= 15 is 0 Å². The number of alkyl halides is 3. The quantitative estimate of drug-likeness (QED) is 0.471. The van der Waals surface area contributed by atoms with Crippen molar-refractivity contribution < 1.29 is 22.8 Å². The number of benzene rings is 2. The molecule has 0 saturated carbocycles. The van der Waals surface area contributed by atoms with E-state index in [0.29, 0.717) is 43.2 Å². The number of carbonyl (C=O) groups excluding carboxylic acids is 2. The van der Waals surface area contributed by atoms with Crippen LogP contribution in [0.5, 0.6) is 0 Å². The van der Waals surface area contributed by atoms with Gasteiger partial charge in [0.15, 0.2) is 0 Å². The number of nitrogens with one attached hydrogen (secondary N) is 1. The Morgan fingerprint density at radius 3 is 2.40 bits per heavy atom. The lowest BCUT2D eigenvalue weighted by Gasteiger charge is -2.23. The van der Waals surface area contributed by atoms with Crippen molar-refractivity contribution in [2.24, 2.45) is 0 Å². The first-order valence-electron chi connectivity index (χ1n) is 11.0. The second-order valence-corrected chi connectivity index (χ2v) is 9.00. The summed E-state index contributed by atoms with van der Waals surface area (Å²) in [4.78, 5) is 33.6. The Morgan fingerprint density at radius 1 is 0.914 bits per heavy atom. The molecule has 0 bridgehead atoms. The van der Waals surface area contributed by atoms with Gasteiger partial charge in [-0.3, -0.25) is 9.59 Å². The summed E-state index contributed by atoms with van der Waals surface area (Å²) in [5.74, 6) is 0.0229. The van der Waals surface area contributed by atoms with E-state index in [1.54, 1.807) is 24.3 Å². The first-order chi connectivity index (χ1) is 16.7. The van der Waals surface area contributed by atoms with Gasteiger partial charge in [-0.05, 0) is 55.0 Å². The molecule has 1 saturated heterocycles. The van der Waals surface area contributed by atoms with Crippen LogP contribution >= 0.6 is 15.9 Å². The van der Waals surface area contributed by atoms with Gasteiger partial charge in [-0.2, -0.15) is 13.2 Å². The number of amides is 2. The first-order valence-corrected chi connectivity index (χ1v) is 11.7. The molecule has 0 atom stereocenters. The molecular formula is C25H22BrF3N4O2. The van der Waals surface area contributed by atoms with E-state index in [-0.39, 0.29) is 11.5 Å². The molecule has 0 aliphatic carbocycles. The maximum atomic E-state index is 12.9. The molecule has 2 aromatic carbocycles. The average molecular weight is 547 g/mol. The van der Waals surface area contributed by atoms with E-state index in [2.05, 4.69) is 31.1 Å². The number of carbonyl (C=O) groups is 2. The molecule has 4 rings (SSSR count). The summed E-state index contributed by atoms with van der Waals surface area (Å²) in [7, 11) is 0. The van der Waals surface area contributed by atoms with Gasteiger partial charge in [-0.1, -0.05) is 28.1 Å². The maximum absolute atomic E-state index is 12.9. The van der Waals surface area contributed by atoms with Gasteiger partial charge in [0.05, 0.1) is 17.4 Å². The van der Waals surface area contributed by atoms with Gasteiger partial charge >= 0.3 is 6.18 Å². The third kappa shape index (κ3) is 6.19. The zero-order valence-corrected chi connectivity index (χ0v) is 20.1. The molecule has 6 nitrogen and oxygen atoms in total. The number of anilines is 2. The number of pyridine rings is 1. The molecule has 3 aromatic rings. The number of aromatic nitrogens is 1. The average Bonchev–Trinajstić information content (AvgIpc) is 3.10. The van der Waals surface area contributed by atoms with Gasteiger partial charge in [0.1, 0.15) is 5.82 Å². The Hall–Kier alpha value is -3.40. The summed E-state index contributed by atoms with van der Waals surface area (Å²) in [5, 5.41) is 2.58. The summed E-state index contributed by atoms with van der Waals surface area (Å²) in [6.07, 6.45) is -2.28. The molecular weight excluding hydrogens is 525 g/mol. The minimum Gasteiger partial charge on any atom is -0.355 e. The molecule has 182 valence electrons. The van der Waals surface area contributed by atoms with Crippen molar-refractivity contribution in [2.75, 3.05) is 36.4 Å². The maximum Gasteiger partial charge on any atom is 0.416 e. The van der Waals surface area contributed by atoms with Crippen LogP contribution in [0, 0.1) is 0 Å². The fraction of sp³-hybridized carbons (Fsp3) is 0.240. The molecule has 1 fully saturated rings. The van der Waals surface area contributed by atoms with E-state index < -0.39 is 17.6 Å². The zero-order valence-electron chi connectivity index (χ0n) is 18.6. The Balaban J connectivity index is 1.37. The van der Waals surface area contributed by atoms with Crippen LogP contribution in [0.15, 0.2) is 71.3 Å². The van der Waals surface area contributed by atoms with Crippen molar-refractivity contribution in [2.45, 2.75) is 12.6 Å². The summed E-state index contributed by atoms with van der Waals surface area (Å²) >= 11 is 3.40. The van der Waals surface area contributed by atoms with Gasteiger partial charge < -0.3 is 15.1 Å². The summed E-state index contributed by atoms with van der Waals surface area (Å²) < 4.78 is 39.6. The second-order valence-electron chi connectivity index (χ2n) is 8.08. The van der Waals surface area contributed by atoms with E-state index in [1.165, 1.54) is 18.3 Å². The first kappa shape index (κ1) is 24.7. The van der Waals surface area contributed by atoms with Crippen molar-refractivity contribution in [3.8, 4) is 0 Å². The molecule has 0 unspecified atom stereocenters. The van der Waals surface area contributed by atoms with Gasteiger partial charge in [0.2, 0.25) is 0 Å². The van der Waals surface area contributed by atoms with Crippen molar-refractivity contribution in [1.29, 1.82) is 0 Å². The van der Waals surface area contributed by atoms with Gasteiger partial charge in [0.25, 0.3) is 11.8 Å². The van der Waals surface area contributed by atoms with Gasteiger partial charge in [-0.25, -0.2) is 4.98 Å². The molecule has 2 amide bonds. The van der Waals surface area contributed by atoms with Crippen LogP contribution in [0.3, 0.4) is 0 Å². The molecule has 10 heteroatoms. The lowest BCUT2D eigenvalue weighted by Crippen LogP contribution is -2.35. The number of hydrogen-bond acceptors (Lipinski definition) is 4. The van der Waals surface area contributed by atoms with Crippen LogP contribution in [0.4, 0.5) is 24.7 Å². The Bertz CT molecular complexity index is 1220. The van der Waals surface area contributed by atoms with E-state index in [1.807, 2.05) is 17.0 Å². The van der Waals surface area contributed by atoms with Gasteiger partial charge in [0, 0.05) is 41.8 Å². The minimum atomic E-state index is -4.52. The molecule has 35 heavy (non-hydrogen) atoms. The Labute approximate surface area is 208 Å². The lowest BCUT2D eigenvalue weighted by molar-refractivity contribution is -0.137. The smallest absolute Gasteiger partial charge is 0.355 e. The summed E-state index contributed by atoms with van der Waals surface area (Å²) in [6.45, 7) is 2.49. The summed E-state index contributed by atoms with van der Waals surface area (Å²) in [6, 6.07) is 15.0. The highest BCUT2D eigenvalue weighted by molar-refractivity contribution is 9.10. The van der Waals surface area contributed by atoms with E-state index in [9.17, 15) is 22.8 Å². The normalized spacial score (nSPS) is 14.4. The highest BCUT2D eigenvalue weighted by Gasteiger charge is 2.31. The standard InChI is InChI=1S/C25H22BrF3N4O2/c26-20-7-2-5-18(15-20)24(35)33-11-3-10-32(12-13-33)22-9-8-21(16-30-22)31-23(34)17-4-1-6-19(14-17)25(27,28)29/h1-2,4-9,14-16H,3,10-13H2,(H,31,34). The van der Waals surface area contributed by atoms with E-state index in [0.717, 1.165) is 23.0 Å². The Morgan fingerprint density at radius 2 is 1.69 bits per heavy atom. The van der Waals surface area contributed by atoms with Crippen molar-refractivity contribution in [1.82, 2.24) is 9.88 Å². The lowest BCUT2D eigenvalue weighted by atomic mass is 10.1. The molecule has 1 N–H and O–H groups in total. The largest absolute Gasteiger partial charge is 0.416 e. The number of rotatable bonds is 4. The zero-order chi connectivity index (χ0) is 25.0. The fourth-order valence-corrected chi connectivity index (χ4v) is 4.24. The topological polar surface area (TPSA) is 65.5 Å². The third-order valence-electron chi connectivity index (χ3n) is 5.64. The third-order valence-corrected chi connectivity index (χ3v) is 6.13. The number of halogens is 4. The van der Waals surface area contributed by atoms with Crippen LogP contribution in [-0.4, -0.2) is 47.9 Å². The molecule has 2 heterocycles. The van der Waals surface area contributed by atoms with Crippen LogP contribution in [0.2, 0.25) is 0 Å². The van der Waals surface area contributed by atoms with Crippen molar-refractivity contribution >= 4 is 39.2 Å². The highest BCUT2D eigenvalue weighted by Crippen LogP contribution is 2.29. The minimum absolute atomic E-state index is 0.0197. The Kier molecular flexibility index (Phi) is 7.39. The fourth-order valence-electron chi connectivity index (χ4n) is 3.84. The highest BCUT2D eigenvalue weighted by atomic mass is 79.9. The summed E-state index contributed by atoms with van der Waals surface area (Å²) in [5.41, 5.74) is 0.0306. The molecule has 0 radical (unpaired) electrons. The second kappa shape index (κ2) is 10.5. The van der Waals surface area contributed by atoms with Crippen LogP contribution in [-0.2, 0) is 6.18 Å². The van der Waals surface area contributed by atoms with Gasteiger partial charge in [-0.15, -0.1) is 0 Å². The molecule has 1 aromatic heterocycles. The predicted molar refractivity (Wildman–Crippen MR) is 131 cm³/mol. The number of hydrogen-bond donors (Lipinski definition) is 1. The van der Waals surface area contributed by atoms with Crippen LogP contribution < -0.4 is 10.2 Å². The predicted octanol–water partition coefficient (Wildman–Crippen LogP) is 5.47.